The van der Waals surface area contributed by atoms with Crippen molar-refractivity contribution in [2.45, 2.75) is 24.4 Å². The highest BCUT2D eigenvalue weighted by Gasteiger charge is 2.44. The number of aliphatic hydroxyl groups excluding tert-OH is 1. The third-order valence-corrected chi connectivity index (χ3v) is 2.78. The molecular formula is C11H13FO. The van der Waals surface area contributed by atoms with Crippen molar-refractivity contribution in [3.63, 3.8) is 0 Å². The lowest BCUT2D eigenvalue weighted by molar-refractivity contribution is -0.0137. The van der Waals surface area contributed by atoms with E-state index in [1.165, 1.54) is 5.56 Å². The van der Waals surface area contributed by atoms with Gasteiger partial charge in [-0.25, -0.2) is 4.39 Å². The Morgan fingerprint density at radius 2 is 1.92 bits per heavy atom. The van der Waals surface area contributed by atoms with E-state index >= 15 is 0 Å². The zero-order valence-electron chi connectivity index (χ0n) is 7.41. The third-order valence-electron chi connectivity index (χ3n) is 2.78. The van der Waals surface area contributed by atoms with Gasteiger partial charge in [0, 0.05) is 0 Å². The summed E-state index contributed by atoms with van der Waals surface area (Å²) in [6, 6.07) is 9.92. The van der Waals surface area contributed by atoms with Crippen molar-refractivity contribution in [3.05, 3.63) is 35.9 Å². The number of benzene rings is 1. The maximum Gasteiger partial charge on any atom is 0.135 e. The van der Waals surface area contributed by atoms with Crippen LogP contribution in [-0.4, -0.2) is 17.4 Å². The average molecular weight is 180 g/mol. The Balaban J connectivity index is 2.01. The van der Waals surface area contributed by atoms with E-state index in [0.29, 0.717) is 18.8 Å². The van der Waals surface area contributed by atoms with E-state index in [-0.39, 0.29) is 6.61 Å². The molecule has 0 radical (unpaired) electrons. The largest absolute Gasteiger partial charge is 0.393 e. The molecule has 1 aliphatic carbocycles. The molecule has 0 aromatic heterocycles. The third kappa shape index (κ3) is 1.59. The van der Waals surface area contributed by atoms with Gasteiger partial charge < -0.3 is 5.11 Å². The van der Waals surface area contributed by atoms with Crippen LogP contribution in [0.4, 0.5) is 4.39 Å². The molecule has 1 aromatic carbocycles. The normalized spacial score (nSPS) is 32.6. The number of hydrogen-bond acceptors (Lipinski definition) is 1. The second-order valence-electron chi connectivity index (χ2n) is 3.82. The van der Waals surface area contributed by atoms with Crippen molar-refractivity contribution in [3.8, 4) is 0 Å². The van der Waals surface area contributed by atoms with Crippen LogP contribution >= 0.6 is 0 Å². The summed E-state index contributed by atoms with van der Waals surface area (Å²) in [6.07, 6.45) is 0.932. The van der Waals surface area contributed by atoms with Gasteiger partial charge in [-0.2, -0.15) is 0 Å². The molecule has 0 atom stereocenters. The first-order valence-corrected chi connectivity index (χ1v) is 4.58. The molecule has 0 amide bonds. The van der Waals surface area contributed by atoms with Gasteiger partial charge in [-0.3, -0.25) is 0 Å². The molecule has 1 saturated carbocycles. The fourth-order valence-corrected chi connectivity index (χ4v) is 1.91. The van der Waals surface area contributed by atoms with E-state index in [4.69, 9.17) is 5.11 Å². The van der Waals surface area contributed by atoms with Crippen molar-refractivity contribution in [1.29, 1.82) is 0 Å². The van der Waals surface area contributed by atoms with Gasteiger partial charge in [0.05, 0.1) is 6.61 Å². The minimum atomic E-state index is -1.31. The van der Waals surface area contributed by atoms with Crippen LogP contribution < -0.4 is 0 Å². The molecule has 1 aliphatic rings. The van der Waals surface area contributed by atoms with E-state index in [9.17, 15) is 4.39 Å². The Hall–Kier alpha value is -0.890. The van der Waals surface area contributed by atoms with Crippen LogP contribution in [0.5, 0.6) is 0 Å². The first kappa shape index (κ1) is 8.70. The number of halogens is 1. The highest BCUT2D eigenvalue weighted by molar-refractivity contribution is 5.24. The second-order valence-corrected chi connectivity index (χ2v) is 3.82. The Kier molecular flexibility index (Phi) is 2.08. The number of aliphatic hydroxyl groups is 1. The first-order chi connectivity index (χ1) is 6.23. The molecule has 1 N–H and O–H groups in total. The number of hydrogen-bond donors (Lipinski definition) is 1. The Morgan fingerprint density at radius 3 is 2.46 bits per heavy atom. The molecule has 2 heteroatoms. The first-order valence-electron chi connectivity index (χ1n) is 4.58. The van der Waals surface area contributed by atoms with Crippen LogP contribution in [-0.2, 0) is 0 Å². The molecule has 1 fully saturated rings. The van der Waals surface area contributed by atoms with E-state index in [2.05, 4.69) is 0 Å². The highest BCUT2D eigenvalue weighted by atomic mass is 19.1. The lowest BCUT2D eigenvalue weighted by atomic mass is 9.69. The summed E-state index contributed by atoms with van der Waals surface area (Å²) in [7, 11) is 0. The van der Waals surface area contributed by atoms with Crippen molar-refractivity contribution in [2.24, 2.45) is 0 Å². The smallest absolute Gasteiger partial charge is 0.135 e. The topological polar surface area (TPSA) is 20.2 Å². The zero-order valence-corrected chi connectivity index (χ0v) is 7.41. The van der Waals surface area contributed by atoms with Gasteiger partial charge in [-0.05, 0) is 24.3 Å². The van der Waals surface area contributed by atoms with Gasteiger partial charge in [0.2, 0.25) is 0 Å². The monoisotopic (exact) mass is 180 g/mol. The van der Waals surface area contributed by atoms with Crippen molar-refractivity contribution < 1.29 is 9.50 Å². The molecular weight excluding hydrogens is 167 g/mol. The molecule has 13 heavy (non-hydrogen) atoms. The summed E-state index contributed by atoms with van der Waals surface area (Å²) in [5.41, 5.74) is -0.121. The van der Waals surface area contributed by atoms with E-state index in [0.717, 1.165) is 0 Å². The lowest BCUT2D eigenvalue weighted by Gasteiger charge is -2.40. The summed E-state index contributed by atoms with van der Waals surface area (Å²) in [5.74, 6) is 0.304. The van der Waals surface area contributed by atoms with Crippen molar-refractivity contribution in [1.82, 2.24) is 0 Å². The molecule has 0 spiro atoms. The molecule has 0 unspecified atom stereocenters. The van der Waals surface area contributed by atoms with Crippen molar-refractivity contribution in [2.75, 3.05) is 6.61 Å². The molecule has 2 rings (SSSR count). The van der Waals surface area contributed by atoms with Gasteiger partial charge in [-0.1, -0.05) is 30.3 Å². The second kappa shape index (κ2) is 3.11. The molecule has 1 aromatic rings. The Morgan fingerprint density at radius 1 is 1.31 bits per heavy atom. The van der Waals surface area contributed by atoms with Crippen LogP contribution in [0.25, 0.3) is 0 Å². The average Bonchev–Trinajstić information content (AvgIpc) is 2.14. The SMILES string of the molecule is OCC1(F)CC(c2ccccc2)C1. The quantitative estimate of drug-likeness (QED) is 0.740. The van der Waals surface area contributed by atoms with Gasteiger partial charge in [0.15, 0.2) is 0 Å². The zero-order chi connectivity index (χ0) is 9.31. The molecule has 0 bridgehead atoms. The van der Waals surface area contributed by atoms with Crippen molar-refractivity contribution >= 4 is 0 Å². The maximum atomic E-state index is 13.3. The van der Waals surface area contributed by atoms with Crippen LogP contribution in [0.2, 0.25) is 0 Å². The van der Waals surface area contributed by atoms with Gasteiger partial charge in [0.25, 0.3) is 0 Å². The van der Waals surface area contributed by atoms with Gasteiger partial charge in [-0.15, -0.1) is 0 Å². The van der Waals surface area contributed by atoms with Crippen LogP contribution in [0.15, 0.2) is 30.3 Å². The molecule has 0 saturated heterocycles. The number of rotatable bonds is 2. The van der Waals surface area contributed by atoms with Crippen LogP contribution in [0.3, 0.4) is 0 Å². The molecule has 0 heterocycles. The van der Waals surface area contributed by atoms with E-state index in [1.54, 1.807) is 0 Å². The van der Waals surface area contributed by atoms with E-state index in [1.807, 2.05) is 30.3 Å². The summed E-state index contributed by atoms with van der Waals surface area (Å²) < 4.78 is 13.3. The predicted octanol–water partition coefficient (Wildman–Crippen LogP) is 2.26. The summed E-state index contributed by atoms with van der Waals surface area (Å²) >= 11 is 0. The minimum absolute atomic E-state index is 0.304. The van der Waals surface area contributed by atoms with Gasteiger partial charge >= 0.3 is 0 Å². The maximum absolute atomic E-state index is 13.3. The summed E-state index contributed by atoms with van der Waals surface area (Å²) in [6.45, 7) is -0.337. The molecule has 70 valence electrons. The standard InChI is InChI=1S/C11H13FO/c12-11(8-13)6-10(7-11)9-4-2-1-3-5-9/h1-5,10,13H,6-8H2. The van der Waals surface area contributed by atoms with Gasteiger partial charge in [0.1, 0.15) is 5.67 Å². The Labute approximate surface area is 77.2 Å². The lowest BCUT2D eigenvalue weighted by Crippen LogP contribution is -2.41. The Bertz CT molecular complexity index is 277. The molecule has 1 nitrogen and oxygen atoms in total. The number of alkyl halides is 1. The fourth-order valence-electron chi connectivity index (χ4n) is 1.91. The van der Waals surface area contributed by atoms with Crippen LogP contribution in [0, 0.1) is 0 Å². The van der Waals surface area contributed by atoms with Crippen LogP contribution in [0.1, 0.15) is 24.3 Å². The van der Waals surface area contributed by atoms with E-state index < -0.39 is 5.67 Å². The highest BCUT2D eigenvalue weighted by Crippen LogP contribution is 2.46. The predicted molar refractivity (Wildman–Crippen MR) is 49.3 cm³/mol. The summed E-state index contributed by atoms with van der Waals surface area (Å²) in [4.78, 5) is 0. The summed E-state index contributed by atoms with van der Waals surface area (Å²) in [5, 5.41) is 8.73. The minimum Gasteiger partial charge on any atom is -0.393 e. The molecule has 0 aliphatic heterocycles. The fraction of sp³-hybridized carbons (Fsp3) is 0.455.